The van der Waals surface area contributed by atoms with Gasteiger partial charge in [-0.25, -0.2) is 0 Å². The first kappa shape index (κ1) is 18.9. The molecule has 0 atom stereocenters. The lowest BCUT2D eigenvalue weighted by molar-refractivity contribution is -0.131. The van der Waals surface area contributed by atoms with Crippen LogP contribution in [0.2, 0.25) is 0 Å². The van der Waals surface area contributed by atoms with Crippen LogP contribution in [-0.4, -0.2) is 68.1 Å². The van der Waals surface area contributed by atoms with Gasteiger partial charge in [0.25, 0.3) is 10.2 Å². The minimum atomic E-state index is -3.39. The summed E-state index contributed by atoms with van der Waals surface area (Å²) in [6, 6.07) is 8.13. The smallest absolute Gasteiger partial charge is 0.281 e. The van der Waals surface area contributed by atoms with Crippen LogP contribution in [0.4, 0.5) is 0 Å². The second-order valence-corrected chi connectivity index (χ2v) is 8.79. The summed E-state index contributed by atoms with van der Waals surface area (Å²) in [6.45, 7) is 5.85. The molecule has 6 nitrogen and oxygen atoms in total. The van der Waals surface area contributed by atoms with Gasteiger partial charge in [0, 0.05) is 40.3 Å². The molecule has 1 heterocycles. The monoisotopic (exact) mass is 353 g/mol. The summed E-state index contributed by atoms with van der Waals surface area (Å²) in [5, 5.41) is 0. The summed E-state index contributed by atoms with van der Waals surface area (Å²) >= 11 is 0. The number of benzene rings is 1. The Morgan fingerprint density at radius 2 is 1.62 bits per heavy atom. The standard InChI is InChI=1S/C17H27N3O3S/c1-14(2)16-7-5-15(6-8-16)13-17(21)19-9-11-20(12-10-19)24(22,23)18(3)4/h5-8,14H,9-13H2,1-4H3. The zero-order valence-electron chi connectivity index (χ0n) is 14.9. The number of hydrogen-bond acceptors (Lipinski definition) is 3. The molecule has 1 aliphatic heterocycles. The number of rotatable bonds is 5. The van der Waals surface area contributed by atoms with E-state index in [9.17, 15) is 13.2 Å². The van der Waals surface area contributed by atoms with E-state index in [1.54, 1.807) is 4.90 Å². The molecular formula is C17H27N3O3S. The van der Waals surface area contributed by atoms with Crippen LogP contribution < -0.4 is 0 Å². The molecule has 0 saturated carbocycles. The zero-order valence-corrected chi connectivity index (χ0v) is 15.7. The Labute approximate surface area is 145 Å². The summed E-state index contributed by atoms with van der Waals surface area (Å²) in [5.74, 6) is 0.524. The fourth-order valence-electron chi connectivity index (χ4n) is 2.71. The number of piperazine rings is 1. The quantitative estimate of drug-likeness (QED) is 0.802. The van der Waals surface area contributed by atoms with Crippen molar-refractivity contribution >= 4 is 16.1 Å². The van der Waals surface area contributed by atoms with Gasteiger partial charge >= 0.3 is 0 Å². The molecule has 2 rings (SSSR count). The Hall–Kier alpha value is -1.44. The van der Waals surface area contributed by atoms with Crippen molar-refractivity contribution in [2.45, 2.75) is 26.2 Å². The molecule has 7 heteroatoms. The van der Waals surface area contributed by atoms with E-state index in [1.807, 2.05) is 12.1 Å². The van der Waals surface area contributed by atoms with E-state index in [2.05, 4.69) is 26.0 Å². The summed E-state index contributed by atoms with van der Waals surface area (Å²) < 4.78 is 26.8. The van der Waals surface area contributed by atoms with Crippen LogP contribution in [0.1, 0.15) is 30.9 Å². The molecule has 1 aliphatic rings. The van der Waals surface area contributed by atoms with Crippen molar-refractivity contribution in [3.63, 3.8) is 0 Å². The molecule has 24 heavy (non-hydrogen) atoms. The van der Waals surface area contributed by atoms with Gasteiger partial charge in [-0.05, 0) is 17.0 Å². The third-order valence-electron chi connectivity index (χ3n) is 4.38. The maximum atomic E-state index is 12.4. The van der Waals surface area contributed by atoms with Crippen molar-refractivity contribution in [1.82, 2.24) is 13.5 Å². The normalized spacial score (nSPS) is 16.8. The highest BCUT2D eigenvalue weighted by atomic mass is 32.2. The van der Waals surface area contributed by atoms with E-state index < -0.39 is 10.2 Å². The van der Waals surface area contributed by atoms with Gasteiger partial charge in [0.05, 0.1) is 6.42 Å². The van der Waals surface area contributed by atoms with Crippen LogP contribution in [0.15, 0.2) is 24.3 Å². The molecule has 0 bridgehead atoms. The Balaban J connectivity index is 1.91. The van der Waals surface area contributed by atoms with E-state index >= 15 is 0 Å². The highest BCUT2D eigenvalue weighted by Crippen LogP contribution is 2.16. The van der Waals surface area contributed by atoms with Crippen LogP contribution in [0.5, 0.6) is 0 Å². The van der Waals surface area contributed by atoms with Crippen molar-refractivity contribution in [1.29, 1.82) is 0 Å². The Kier molecular flexibility index (Phi) is 6.01. The van der Waals surface area contributed by atoms with Crippen molar-refractivity contribution in [3.05, 3.63) is 35.4 Å². The Bertz CT molecular complexity index is 661. The highest BCUT2D eigenvalue weighted by Gasteiger charge is 2.30. The molecule has 1 saturated heterocycles. The van der Waals surface area contributed by atoms with Crippen molar-refractivity contribution in [3.8, 4) is 0 Å². The number of carbonyl (C=O) groups excluding carboxylic acids is 1. The Morgan fingerprint density at radius 1 is 1.08 bits per heavy atom. The van der Waals surface area contributed by atoms with Crippen LogP contribution in [0.25, 0.3) is 0 Å². The minimum Gasteiger partial charge on any atom is -0.340 e. The number of carbonyl (C=O) groups is 1. The van der Waals surface area contributed by atoms with Gasteiger partial charge in [0.2, 0.25) is 5.91 Å². The molecule has 1 amide bonds. The minimum absolute atomic E-state index is 0.0502. The molecule has 1 aromatic carbocycles. The molecule has 1 aromatic rings. The second kappa shape index (κ2) is 7.63. The summed E-state index contributed by atoms with van der Waals surface area (Å²) in [4.78, 5) is 14.2. The van der Waals surface area contributed by atoms with Crippen molar-refractivity contribution < 1.29 is 13.2 Å². The van der Waals surface area contributed by atoms with Gasteiger partial charge in [0.15, 0.2) is 0 Å². The van der Waals surface area contributed by atoms with E-state index in [0.29, 0.717) is 38.5 Å². The average Bonchev–Trinajstić information content (AvgIpc) is 2.55. The van der Waals surface area contributed by atoms with Gasteiger partial charge in [0.1, 0.15) is 0 Å². The molecule has 0 radical (unpaired) electrons. The molecule has 1 fully saturated rings. The third-order valence-corrected chi connectivity index (χ3v) is 6.32. The predicted octanol–water partition coefficient (Wildman–Crippen LogP) is 1.30. The fraction of sp³-hybridized carbons (Fsp3) is 0.588. The van der Waals surface area contributed by atoms with Crippen LogP contribution in [0, 0.1) is 0 Å². The van der Waals surface area contributed by atoms with Crippen molar-refractivity contribution in [2.75, 3.05) is 40.3 Å². The average molecular weight is 353 g/mol. The molecule has 0 spiro atoms. The third kappa shape index (κ3) is 4.34. The molecule has 0 aromatic heterocycles. The summed E-state index contributed by atoms with van der Waals surface area (Å²) in [5.41, 5.74) is 2.25. The first-order valence-electron chi connectivity index (χ1n) is 8.26. The molecule has 0 aliphatic carbocycles. The molecule has 0 unspecified atom stereocenters. The summed E-state index contributed by atoms with van der Waals surface area (Å²) in [6.07, 6.45) is 0.360. The first-order valence-corrected chi connectivity index (χ1v) is 9.65. The lowest BCUT2D eigenvalue weighted by Crippen LogP contribution is -2.53. The zero-order chi connectivity index (χ0) is 17.9. The first-order chi connectivity index (χ1) is 11.2. The van der Waals surface area contributed by atoms with Gasteiger partial charge in [-0.1, -0.05) is 38.1 Å². The van der Waals surface area contributed by atoms with Crippen molar-refractivity contribution in [2.24, 2.45) is 0 Å². The van der Waals surface area contributed by atoms with Gasteiger partial charge < -0.3 is 4.90 Å². The highest BCUT2D eigenvalue weighted by molar-refractivity contribution is 7.86. The number of hydrogen-bond donors (Lipinski definition) is 0. The van der Waals surface area contributed by atoms with E-state index in [4.69, 9.17) is 0 Å². The Morgan fingerprint density at radius 3 is 2.08 bits per heavy atom. The van der Waals surface area contributed by atoms with E-state index in [1.165, 1.54) is 28.3 Å². The number of amides is 1. The SMILES string of the molecule is CC(C)c1ccc(CC(=O)N2CCN(S(=O)(=O)N(C)C)CC2)cc1. The maximum Gasteiger partial charge on any atom is 0.281 e. The number of nitrogens with zero attached hydrogens (tertiary/aromatic N) is 3. The largest absolute Gasteiger partial charge is 0.340 e. The lowest BCUT2D eigenvalue weighted by atomic mass is 10.0. The van der Waals surface area contributed by atoms with Gasteiger partial charge in [-0.3, -0.25) is 4.79 Å². The fourth-order valence-corrected chi connectivity index (χ4v) is 3.79. The maximum absolute atomic E-state index is 12.4. The topological polar surface area (TPSA) is 60.9 Å². The van der Waals surface area contributed by atoms with Gasteiger partial charge in [-0.15, -0.1) is 0 Å². The van der Waals surface area contributed by atoms with Crippen LogP contribution >= 0.6 is 0 Å². The summed E-state index contributed by atoms with van der Waals surface area (Å²) in [7, 11) is -0.349. The van der Waals surface area contributed by atoms with E-state index in [0.717, 1.165) is 5.56 Å². The molecule has 134 valence electrons. The van der Waals surface area contributed by atoms with Crippen LogP contribution in [0.3, 0.4) is 0 Å². The van der Waals surface area contributed by atoms with E-state index in [-0.39, 0.29) is 5.91 Å². The van der Waals surface area contributed by atoms with Crippen LogP contribution in [-0.2, 0) is 21.4 Å². The second-order valence-electron chi connectivity index (χ2n) is 6.64. The van der Waals surface area contributed by atoms with Gasteiger partial charge in [-0.2, -0.15) is 17.0 Å². The lowest BCUT2D eigenvalue weighted by Gasteiger charge is -2.35. The molecule has 0 N–H and O–H groups in total. The predicted molar refractivity (Wildman–Crippen MR) is 95.0 cm³/mol. The molecular weight excluding hydrogens is 326 g/mol.